The lowest BCUT2D eigenvalue weighted by Gasteiger charge is -2.25. The number of hydrogen-bond donors (Lipinski definition) is 1. The maximum atomic E-state index is 12.3. The van der Waals surface area contributed by atoms with Crippen molar-refractivity contribution in [2.45, 2.75) is 33.2 Å². The van der Waals surface area contributed by atoms with Crippen molar-refractivity contribution in [3.63, 3.8) is 0 Å². The fourth-order valence-electron chi connectivity index (χ4n) is 2.04. The summed E-state index contributed by atoms with van der Waals surface area (Å²) in [6.45, 7) is 5.85. The lowest BCUT2D eigenvalue weighted by molar-refractivity contribution is -0.135. The summed E-state index contributed by atoms with van der Waals surface area (Å²) in [5, 5.41) is 0.711. The summed E-state index contributed by atoms with van der Waals surface area (Å²) in [6.07, 6.45) is 1.73. The summed E-state index contributed by atoms with van der Waals surface area (Å²) < 4.78 is 0. The number of carbonyl (C=O) groups excluding carboxylic acids is 1. The van der Waals surface area contributed by atoms with Gasteiger partial charge in [0.25, 0.3) is 0 Å². The van der Waals surface area contributed by atoms with E-state index in [1.165, 1.54) is 0 Å². The third kappa shape index (κ3) is 4.84. The second kappa shape index (κ2) is 8.18. The SMILES string of the molecule is CCN(Cc1ccccc1Cl)C(=O)C(C)CCCN. The van der Waals surface area contributed by atoms with Crippen molar-refractivity contribution >= 4 is 17.5 Å². The number of hydrogen-bond acceptors (Lipinski definition) is 2. The first-order valence-electron chi connectivity index (χ1n) is 6.82. The van der Waals surface area contributed by atoms with Crippen LogP contribution in [0.2, 0.25) is 5.02 Å². The van der Waals surface area contributed by atoms with Gasteiger partial charge < -0.3 is 10.6 Å². The predicted octanol–water partition coefficient (Wildman–Crippen LogP) is 3.06. The molecule has 1 rings (SSSR count). The minimum absolute atomic E-state index is 0.0194. The van der Waals surface area contributed by atoms with Crippen LogP contribution in [0.5, 0.6) is 0 Å². The second-order valence-electron chi connectivity index (χ2n) is 4.78. The van der Waals surface area contributed by atoms with Crippen LogP contribution in [0.1, 0.15) is 32.3 Å². The summed E-state index contributed by atoms with van der Waals surface area (Å²) in [6, 6.07) is 7.65. The van der Waals surface area contributed by atoms with Crippen molar-refractivity contribution in [2.75, 3.05) is 13.1 Å². The molecule has 106 valence electrons. The quantitative estimate of drug-likeness (QED) is 0.835. The van der Waals surface area contributed by atoms with Crippen LogP contribution in [-0.2, 0) is 11.3 Å². The molecule has 1 aromatic rings. The van der Waals surface area contributed by atoms with Crippen molar-refractivity contribution in [1.29, 1.82) is 0 Å². The molecule has 0 saturated carbocycles. The fourth-order valence-corrected chi connectivity index (χ4v) is 2.23. The molecule has 19 heavy (non-hydrogen) atoms. The Morgan fingerprint density at radius 2 is 2.11 bits per heavy atom. The lowest BCUT2D eigenvalue weighted by Crippen LogP contribution is -2.34. The predicted molar refractivity (Wildman–Crippen MR) is 80.0 cm³/mol. The molecule has 0 aliphatic carbocycles. The minimum atomic E-state index is 0.0194. The summed E-state index contributed by atoms with van der Waals surface area (Å²) in [7, 11) is 0. The van der Waals surface area contributed by atoms with E-state index in [0.29, 0.717) is 24.7 Å². The van der Waals surface area contributed by atoms with Crippen LogP contribution in [-0.4, -0.2) is 23.9 Å². The first-order chi connectivity index (χ1) is 9.10. The Hall–Kier alpha value is -1.06. The van der Waals surface area contributed by atoms with E-state index in [1.54, 1.807) is 0 Å². The van der Waals surface area contributed by atoms with Crippen LogP contribution in [0.3, 0.4) is 0 Å². The van der Waals surface area contributed by atoms with Gasteiger partial charge in [-0.2, -0.15) is 0 Å². The standard InChI is InChI=1S/C15H23ClN2O/c1-3-18(15(19)12(2)7-6-10-17)11-13-8-4-5-9-14(13)16/h4-5,8-9,12H,3,6-7,10-11,17H2,1-2H3. The van der Waals surface area contributed by atoms with Crippen molar-refractivity contribution in [1.82, 2.24) is 4.90 Å². The van der Waals surface area contributed by atoms with Crippen LogP contribution in [0.4, 0.5) is 0 Å². The van der Waals surface area contributed by atoms with Gasteiger partial charge in [-0.05, 0) is 37.9 Å². The monoisotopic (exact) mass is 282 g/mol. The van der Waals surface area contributed by atoms with Crippen LogP contribution in [0.15, 0.2) is 24.3 Å². The molecular formula is C15H23ClN2O. The largest absolute Gasteiger partial charge is 0.338 e. The number of carbonyl (C=O) groups is 1. The molecule has 0 aromatic heterocycles. The average molecular weight is 283 g/mol. The molecule has 1 unspecified atom stereocenters. The summed E-state index contributed by atoms with van der Waals surface area (Å²) in [5.41, 5.74) is 6.48. The van der Waals surface area contributed by atoms with Crippen LogP contribution < -0.4 is 5.73 Å². The third-order valence-electron chi connectivity index (χ3n) is 3.28. The molecule has 3 nitrogen and oxygen atoms in total. The highest BCUT2D eigenvalue weighted by Crippen LogP contribution is 2.19. The Balaban J connectivity index is 2.67. The van der Waals surface area contributed by atoms with Gasteiger partial charge in [-0.1, -0.05) is 36.7 Å². The molecule has 0 fully saturated rings. The van der Waals surface area contributed by atoms with E-state index in [9.17, 15) is 4.79 Å². The van der Waals surface area contributed by atoms with E-state index in [0.717, 1.165) is 18.4 Å². The molecule has 0 radical (unpaired) electrons. The highest BCUT2D eigenvalue weighted by Gasteiger charge is 2.19. The number of amides is 1. The Kier molecular flexibility index (Phi) is 6.89. The molecule has 0 spiro atoms. The molecule has 2 N–H and O–H groups in total. The maximum absolute atomic E-state index is 12.3. The van der Waals surface area contributed by atoms with E-state index in [4.69, 9.17) is 17.3 Å². The number of halogens is 1. The van der Waals surface area contributed by atoms with Crippen LogP contribution in [0, 0.1) is 5.92 Å². The van der Waals surface area contributed by atoms with E-state index in [-0.39, 0.29) is 11.8 Å². The summed E-state index contributed by atoms with van der Waals surface area (Å²) in [4.78, 5) is 14.2. The molecule has 1 amide bonds. The maximum Gasteiger partial charge on any atom is 0.225 e. The van der Waals surface area contributed by atoms with E-state index >= 15 is 0 Å². The smallest absolute Gasteiger partial charge is 0.225 e. The zero-order chi connectivity index (χ0) is 14.3. The van der Waals surface area contributed by atoms with Gasteiger partial charge in [0.1, 0.15) is 0 Å². The zero-order valence-corrected chi connectivity index (χ0v) is 12.5. The lowest BCUT2D eigenvalue weighted by atomic mass is 10.0. The molecule has 0 bridgehead atoms. The average Bonchev–Trinajstić information content (AvgIpc) is 2.43. The number of rotatable bonds is 7. The van der Waals surface area contributed by atoms with Gasteiger partial charge in [0, 0.05) is 24.0 Å². The van der Waals surface area contributed by atoms with Gasteiger partial charge >= 0.3 is 0 Å². The molecule has 4 heteroatoms. The summed E-state index contributed by atoms with van der Waals surface area (Å²) in [5.74, 6) is 0.196. The highest BCUT2D eigenvalue weighted by atomic mass is 35.5. The Bertz CT molecular complexity index is 409. The number of nitrogens with zero attached hydrogens (tertiary/aromatic N) is 1. The van der Waals surface area contributed by atoms with E-state index in [2.05, 4.69) is 0 Å². The Morgan fingerprint density at radius 3 is 2.68 bits per heavy atom. The molecule has 1 atom stereocenters. The van der Waals surface area contributed by atoms with Crippen molar-refractivity contribution in [3.05, 3.63) is 34.9 Å². The van der Waals surface area contributed by atoms with Gasteiger partial charge in [-0.15, -0.1) is 0 Å². The van der Waals surface area contributed by atoms with Gasteiger partial charge in [0.15, 0.2) is 0 Å². The molecular weight excluding hydrogens is 260 g/mol. The third-order valence-corrected chi connectivity index (χ3v) is 3.64. The zero-order valence-electron chi connectivity index (χ0n) is 11.7. The first kappa shape index (κ1) is 16.0. The van der Waals surface area contributed by atoms with Crippen molar-refractivity contribution in [3.8, 4) is 0 Å². The van der Waals surface area contributed by atoms with Gasteiger partial charge in [-0.25, -0.2) is 0 Å². The van der Waals surface area contributed by atoms with Crippen LogP contribution >= 0.6 is 11.6 Å². The minimum Gasteiger partial charge on any atom is -0.338 e. The van der Waals surface area contributed by atoms with Gasteiger partial charge in [0.2, 0.25) is 5.91 Å². The highest BCUT2D eigenvalue weighted by molar-refractivity contribution is 6.31. The Morgan fingerprint density at radius 1 is 1.42 bits per heavy atom. The number of nitrogens with two attached hydrogens (primary N) is 1. The first-order valence-corrected chi connectivity index (χ1v) is 7.20. The van der Waals surface area contributed by atoms with Gasteiger partial charge in [-0.3, -0.25) is 4.79 Å². The fraction of sp³-hybridized carbons (Fsp3) is 0.533. The normalized spacial score (nSPS) is 12.2. The molecule has 1 aromatic carbocycles. The van der Waals surface area contributed by atoms with Crippen molar-refractivity contribution in [2.24, 2.45) is 11.7 Å². The second-order valence-corrected chi connectivity index (χ2v) is 5.18. The Labute approximate surface area is 120 Å². The summed E-state index contributed by atoms with van der Waals surface area (Å²) >= 11 is 6.14. The molecule has 0 saturated heterocycles. The number of benzene rings is 1. The molecule has 0 heterocycles. The van der Waals surface area contributed by atoms with Crippen LogP contribution in [0.25, 0.3) is 0 Å². The topological polar surface area (TPSA) is 46.3 Å². The van der Waals surface area contributed by atoms with E-state index in [1.807, 2.05) is 43.0 Å². The molecule has 0 aliphatic heterocycles. The molecule has 0 aliphatic rings. The van der Waals surface area contributed by atoms with Gasteiger partial charge in [0.05, 0.1) is 0 Å². The van der Waals surface area contributed by atoms with E-state index < -0.39 is 0 Å². The van der Waals surface area contributed by atoms with Crippen molar-refractivity contribution < 1.29 is 4.79 Å².